The van der Waals surface area contributed by atoms with E-state index in [4.69, 9.17) is 10.2 Å². The van der Waals surface area contributed by atoms with Crippen molar-refractivity contribution in [2.75, 3.05) is 12.4 Å². The molecule has 0 fully saturated rings. The van der Waals surface area contributed by atoms with E-state index >= 15 is 0 Å². The fourth-order valence-electron chi connectivity index (χ4n) is 0.449. The Morgan fingerprint density at radius 3 is 2.33 bits per heavy atom. The summed E-state index contributed by atoms with van der Waals surface area (Å²) in [5, 5.41) is 16.7. The second-order valence-corrected chi connectivity index (χ2v) is 2.18. The molecule has 0 aliphatic rings. The highest BCUT2D eigenvalue weighted by Gasteiger charge is 2.13. The molecule has 0 heterocycles. The van der Waals surface area contributed by atoms with Crippen LogP contribution in [0.1, 0.15) is 6.42 Å². The second-order valence-electron chi connectivity index (χ2n) is 1.73. The molecule has 2 N–H and O–H groups in total. The number of carboxylic acid groups (broad SMARTS) is 1. The van der Waals surface area contributed by atoms with Crippen molar-refractivity contribution >= 4 is 18.6 Å². The van der Waals surface area contributed by atoms with Gasteiger partial charge in [0.15, 0.2) is 0 Å². The van der Waals surface area contributed by atoms with E-state index < -0.39 is 11.9 Å². The third-order valence-corrected chi connectivity index (χ3v) is 1.31. The highest BCUT2D eigenvalue weighted by atomic mass is 32.1. The predicted octanol–water partition coefficient (Wildman–Crippen LogP) is -0.000600. The number of aliphatic carboxylic acids is 1. The van der Waals surface area contributed by atoms with Crippen molar-refractivity contribution in [2.24, 2.45) is 5.92 Å². The minimum Gasteiger partial charge on any atom is -0.481 e. The smallest absolute Gasteiger partial charge is 0.308 e. The van der Waals surface area contributed by atoms with Gasteiger partial charge in [-0.2, -0.15) is 12.6 Å². The first kappa shape index (κ1) is 8.78. The van der Waals surface area contributed by atoms with Gasteiger partial charge in [0.25, 0.3) is 0 Å². The summed E-state index contributed by atoms with van der Waals surface area (Å²) in [6.45, 7) is -0.296. The lowest BCUT2D eigenvalue weighted by Gasteiger charge is -2.04. The Bertz CT molecular complexity index is 94.2. The normalized spacial score (nSPS) is 13.1. The molecule has 0 rings (SSSR count). The van der Waals surface area contributed by atoms with Gasteiger partial charge in [0.1, 0.15) is 0 Å². The van der Waals surface area contributed by atoms with Gasteiger partial charge in [-0.3, -0.25) is 4.79 Å². The van der Waals surface area contributed by atoms with Crippen LogP contribution in [0.4, 0.5) is 0 Å². The van der Waals surface area contributed by atoms with Gasteiger partial charge in [0, 0.05) is 0 Å². The van der Waals surface area contributed by atoms with E-state index in [9.17, 15) is 4.79 Å². The predicted molar refractivity (Wildman–Crippen MR) is 36.7 cm³/mol. The zero-order chi connectivity index (χ0) is 7.28. The first-order valence-electron chi connectivity index (χ1n) is 2.67. The molecule has 3 nitrogen and oxygen atoms in total. The van der Waals surface area contributed by atoms with Crippen LogP contribution in [0.15, 0.2) is 0 Å². The lowest BCUT2D eigenvalue weighted by atomic mass is 10.1. The van der Waals surface area contributed by atoms with Gasteiger partial charge in [-0.05, 0) is 12.2 Å². The number of hydrogen-bond donors (Lipinski definition) is 3. The summed E-state index contributed by atoms with van der Waals surface area (Å²) in [6, 6.07) is 0. The molecule has 54 valence electrons. The average molecular weight is 150 g/mol. The number of carbonyl (C=O) groups is 1. The summed E-state index contributed by atoms with van der Waals surface area (Å²) < 4.78 is 0. The Balaban J connectivity index is 3.54. The van der Waals surface area contributed by atoms with Crippen molar-refractivity contribution in [3.63, 3.8) is 0 Å². The van der Waals surface area contributed by atoms with Crippen LogP contribution in [0.3, 0.4) is 0 Å². The fourth-order valence-corrected chi connectivity index (χ4v) is 0.760. The van der Waals surface area contributed by atoms with Gasteiger partial charge < -0.3 is 10.2 Å². The molecule has 0 radical (unpaired) electrons. The van der Waals surface area contributed by atoms with Crippen molar-refractivity contribution in [3.05, 3.63) is 0 Å². The minimum absolute atomic E-state index is 0.296. The molecule has 0 amide bonds. The summed E-state index contributed by atoms with van der Waals surface area (Å²) in [6.07, 6.45) is 0.426. The van der Waals surface area contributed by atoms with Gasteiger partial charge in [-0.1, -0.05) is 0 Å². The van der Waals surface area contributed by atoms with Crippen LogP contribution >= 0.6 is 12.6 Å². The quantitative estimate of drug-likeness (QED) is 0.494. The summed E-state index contributed by atoms with van der Waals surface area (Å²) >= 11 is 3.83. The molecule has 1 unspecified atom stereocenters. The van der Waals surface area contributed by atoms with Crippen LogP contribution < -0.4 is 0 Å². The number of aliphatic hydroxyl groups is 1. The van der Waals surface area contributed by atoms with E-state index in [0.29, 0.717) is 12.2 Å². The van der Waals surface area contributed by atoms with Crippen LogP contribution in [0.2, 0.25) is 0 Å². The molecule has 4 heteroatoms. The van der Waals surface area contributed by atoms with Crippen molar-refractivity contribution in [1.82, 2.24) is 0 Å². The van der Waals surface area contributed by atoms with Crippen molar-refractivity contribution in [3.8, 4) is 0 Å². The summed E-state index contributed by atoms with van der Waals surface area (Å²) in [7, 11) is 0. The lowest BCUT2D eigenvalue weighted by molar-refractivity contribution is -0.143. The van der Waals surface area contributed by atoms with Crippen molar-refractivity contribution in [2.45, 2.75) is 6.42 Å². The SMILES string of the molecule is O=C(O)C(CO)CCS. The summed E-state index contributed by atoms with van der Waals surface area (Å²) in [5.41, 5.74) is 0. The molecule has 0 aliphatic carbocycles. The van der Waals surface area contributed by atoms with Gasteiger partial charge in [0.05, 0.1) is 12.5 Å². The molecular formula is C5H10O3S. The van der Waals surface area contributed by atoms with E-state index in [2.05, 4.69) is 12.6 Å². The molecular weight excluding hydrogens is 140 g/mol. The second kappa shape index (κ2) is 4.64. The zero-order valence-electron chi connectivity index (χ0n) is 4.95. The first-order valence-corrected chi connectivity index (χ1v) is 3.30. The maximum Gasteiger partial charge on any atom is 0.308 e. The molecule has 0 aliphatic heterocycles. The van der Waals surface area contributed by atoms with Gasteiger partial charge in [-0.25, -0.2) is 0 Å². The number of thiol groups is 1. The van der Waals surface area contributed by atoms with E-state index in [1.165, 1.54) is 0 Å². The standard InChI is InChI=1S/C5H10O3S/c6-3-4(1-2-9)5(7)8/h4,6,9H,1-3H2,(H,7,8). The summed E-state index contributed by atoms with van der Waals surface area (Å²) in [5.74, 6) is -1.09. The molecule has 1 atom stereocenters. The Kier molecular flexibility index (Phi) is 4.53. The Morgan fingerprint density at radius 2 is 2.22 bits per heavy atom. The maximum atomic E-state index is 10.1. The highest BCUT2D eigenvalue weighted by molar-refractivity contribution is 7.80. The van der Waals surface area contributed by atoms with E-state index in [-0.39, 0.29) is 6.61 Å². The van der Waals surface area contributed by atoms with Gasteiger partial charge >= 0.3 is 5.97 Å². The number of hydrogen-bond acceptors (Lipinski definition) is 3. The third-order valence-electron chi connectivity index (χ3n) is 1.05. The largest absolute Gasteiger partial charge is 0.481 e. The number of rotatable bonds is 4. The number of aliphatic hydroxyl groups excluding tert-OH is 1. The van der Waals surface area contributed by atoms with Crippen LogP contribution in [0, 0.1) is 5.92 Å². The van der Waals surface area contributed by atoms with Crippen LogP contribution in [0.5, 0.6) is 0 Å². The Labute approximate surface area is 59.1 Å². The van der Waals surface area contributed by atoms with Crippen LogP contribution in [-0.4, -0.2) is 28.5 Å². The van der Waals surface area contributed by atoms with E-state index in [1.54, 1.807) is 0 Å². The van der Waals surface area contributed by atoms with E-state index in [0.717, 1.165) is 0 Å². The minimum atomic E-state index is -0.952. The lowest BCUT2D eigenvalue weighted by Crippen LogP contribution is -2.17. The van der Waals surface area contributed by atoms with Gasteiger partial charge in [-0.15, -0.1) is 0 Å². The van der Waals surface area contributed by atoms with Crippen LogP contribution in [0.25, 0.3) is 0 Å². The molecule has 9 heavy (non-hydrogen) atoms. The molecule has 0 saturated carbocycles. The fraction of sp³-hybridized carbons (Fsp3) is 0.800. The monoisotopic (exact) mass is 150 g/mol. The zero-order valence-corrected chi connectivity index (χ0v) is 5.84. The molecule has 0 aromatic heterocycles. The van der Waals surface area contributed by atoms with Gasteiger partial charge in [0.2, 0.25) is 0 Å². The molecule has 0 aromatic rings. The molecule has 0 spiro atoms. The maximum absolute atomic E-state index is 10.1. The first-order chi connectivity index (χ1) is 4.22. The Hall–Kier alpha value is -0.220. The summed E-state index contributed by atoms with van der Waals surface area (Å²) in [4.78, 5) is 10.1. The third kappa shape index (κ3) is 3.37. The molecule has 0 saturated heterocycles. The molecule has 0 aromatic carbocycles. The van der Waals surface area contributed by atoms with E-state index in [1.807, 2.05) is 0 Å². The van der Waals surface area contributed by atoms with Crippen molar-refractivity contribution < 1.29 is 15.0 Å². The van der Waals surface area contributed by atoms with Crippen molar-refractivity contribution in [1.29, 1.82) is 0 Å². The number of carboxylic acids is 1. The van der Waals surface area contributed by atoms with Crippen LogP contribution in [-0.2, 0) is 4.79 Å². The topological polar surface area (TPSA) is 57.5 Å². The Morgan fingerprint density at radius 1 is 1.67 bits per heavy atom. The highest BCUT2D eigenvalue weighted by Crippen LogP contribution is 2.02. The average Bonchev–Trinajstić information content (AvgIpc) is 1.82. The molecule has 0 bridgehead atoms.